The Morgan fingerprint density at radius 3 is 2.38 bits per heavy atom. The first-order valence-corrected chi connectivity index (χ1v) is 5.57. The Bertz CT molecular complexity index is 150. The van der Waals surface area contributed by atoms with Gasteiger partial charge in [-0.2, -0.15) is 11.8 Å². The summed E-state index contributed by atoms with van der Waals surface area (Å²) in [4.78, 5) is 20.7. The fraction of sp³-hybridized carbons (Fsp3) is 0.778. The van der Waals surface area contributed by atoms with Gasteiger partial charge in [0, 0.05) is 18.6 Å². The summed E-state index contributed by atoms with van der Waals surface area (Å²) >= 11 is 1.72. The molecule has 0 aliphatic carbocycles. The molecule has 0 saturated carbocycles. The molecular weight excluding hydrogens is 188 g/mol. The van der Waals surface area contributed by atoms with Crippen LogP contribution in [0.3, 0.4) is 0 Å². The summed E-state index contributed by atoms with van der Waals surface area (Å²) in [6.45, 7) is 1.59. The summed E-state index contributed by atoms with van der Waals surface area (Å²) in [6, 6.07) is 0. The summed E-state index contributed by atoms with van der Waals surface area (Å²) in [5.41, 5.74) is 0. The van der Waals surface area contributed by atoms with E-state index in [2.05, 4.69) is 0 Å². The van der Waals surface area contributed by atoms with Crippen LogP contribution in [0, 0.1) is 0 Å². The van der Waals surface area contributed by atoms with Crippen LogP contribution in [0.15, 0.2) is 0 Å². The van der Waals surface area contributed by atoms with E-state index in [0.717, 1.165) is 24.3 Å². The van der Waals surface area contributed by atoms with Gasteiger partial charge in [-0.25, -0.2) is 0 Å². The van der Waals surface area contributed by atoms with E-state index in [9.17, 15) is 9.59 Å². The molecule has 0 fully saturated rings. The Morgan fingerprint density at radius 2 is 1.85 bits per heavy atom. The minimum Gasteiger partial charge on any atom is -0.481 e. The normalized spacial score (nSPS) is 9.92. The fourth-order valence-corrected chi connectivity index (χ4v) is 1.84. The molecule has 0 aromatic carbocycles. The Morgan fingerprint density at radius 1 is 1.15 bits per heavy atom. The maximum atomic E-state index is 10.5. The number of hydrogen-bond donors (Lipinski definition) is 1. The van der Waals surface area contributed by atoms with Crippen LogP contribution in [0.25, 0.3) is 0 Å². The van der Waals surface area contributed by atoms with Gasteiger partial charge in [-0.3, -0.25) is 9.59 Å². The topological polar surface area (TPSA) is 54.4 Å². The van der Waals surface area contributed by atoms with E-state index in [1.165, 1.54) is 0 Å². The number of carbonyl (C=O) groups excluding carboxylic acids is 1. The molecule has 0 saturated heterocycles. The van der Waals surface area contributed by atoms with Crippen molar-refractivity contribution in [2.75, 3.05) is 11.5 Å². The Kier molecular flexibility index (Phi) is 7.79. The Balaban J connectivity index is 3.00. The molecule has 0 atom stereocenters. The van der Waals surface area contributed by atoms with Gasteiger partial charge >= 0.3 is 5.97 Å². The van der Waals surface area contributed by atoms with Gasteiger partial charge in [-0.15, -0.1) is 0 Å². The van der Waals surface area contributed by atoms with Gasteiger partial charge in [0.25, 0.3) is 0 Å². The number of thioether (sulfide) groups is 1. The lowest BCUT2D eigenvalue weighted by atomic mass is 10.2. The van der Waals surface area contributed by atoms with E-state index in [-0.39, 0.29) is 12.2 Å². The second kappa shape index (κ2) is 8.10. The van der Waals surface area contributed by atoms with Crippen LogP contribution in [0.2, 0.25) is 0 Å². The number of Topliss-reactive ketones (excluding diaryl/α,β-unsaturated/α-hetero) is 1. The molecule has 0 rings (SSSR count). The van der Waals surface area contributed by atoms with Crippen molar-refractivity contribution in [3.63, 3.8) is 0 Å². The summed E-state index contributed by atoms with van der Waals surface area (Å²) in [5.74, 6) is 1.31. The third kappa shape index (κ3) is 11.5. The highest BCUT2D eigenvalue weighted by molar-refractivity contribution is 7.99. The quantitative estimate of drug-likeness (QED) is 0.614. The van der Waals surface area contributed by atoms with Gasteiger partial charge in [-0.05, 0) is 25.5 Å². The third-order valence-corrected chi connectivity index (χ3v) is 2.60. The molecule has 0 aliphatic heterocycles. The number of carboxylic acid groups (broad SMARTS) is 1. The zero-order valence-corrected chi connectivity index (χ0v) is 8.73. The van der Waals surface area contributed by atoms with E-state index in [4.69, 9.17) is 5.11 Å². The van der Waals surface area contributed by atoms with Crippen molar-refractivity contribution >= 4 is 23.5 Å². The molecular formula is C9H16O3S. The predicted octanol–water partition coefficient (Wildman–Crippen LogP) is 1.95. The largest absolute Gasteiger partial charge is 0.481 e. The Labute approximate surface area is 82.9 Å². The van der Waals surface area contributed by atoms with Crippen molar-refractivity contribution in [2.45, 2.75) is 32.6 Å². The molecule has 0 aliphatic rings. The number of carboxylic acids is 1. The number of unbranched alkanes of at least 4 members (excludes halogenated alkanes) is 1. The summed E-state index contributed by atoms with van der Waals surface area (Å²) < 4.78 is 0. The van der Waals surface area contributed by atoms with Crippen molar-refractivity contribution < 1.29 is 14.7 Å². The van der Waals surface area contributed by atoms with E-state index >= 15 is 0 Å². The maximum absolute atomic E-state index is 10.5. The monoisotopic (exact) mass is 204 g/mol. The van der Waals surface area contributed by atoms with E-state index < -0.39 is 5.97 Å². The summed E-state index contributed by atoms with van der Waals surface area (Å²) in [7, 11) is 0. The number of rotatable bonds is 8. The molecule has 0 aromatic rings. The van der Waals surface area contributed by atoms with Gasteiger partial charge in [0.05, 0.1) is 0 Å². The fourth-order valence-electron chi connectivity index (χ4n) is 0.798. The minimum absolute atomic E-state index is 0.220. The van der Waals surface area contributed by atoms with Gasteiger partial charge in [-0.1, -0.05) is 0 Å². The zero-order chi connectivity index (χ0) is 10.1. The van der Waals surface area contributed by atoms with E-state index in [1.807, 2.05) is 0 Å². The second-order valence-electron chi connectivity index (χ2n) is 2.92. The highest BCUT2D eigenvalue weighted by atomic mass is 32.2. The first kappa shape index (κ1) is 12.5. The van der Waals surface area contributed by atoms with Crippen molar-refractivity contribution in [1.82, 2.24) is 0 Å². The van der Waals surface area contributed by atoms with Crippen LogP contribution in [0.4, 0.5) is 0 Å². The van der Waals surface area contributed by atoms with Crippen molar-refractivity contribution in [1.29, 1.82) is 0 Å². The Hall–Kier alpha value is -0.510. The van der Waals surface area contributed by atoms with Crippen molar-refractivity contribution in [2.24, 2.45) is 0 Å². The van der Waals surface area contributed by atoms with Gasteiger partial charge in [0.1, 0.15) is 5.78 Å². The minimum atomic E-state index is -0.728. The molecule has 0 amide bonds. The average Bonchev–Trinajstić information content (AvgIpc) is 2.01. The molecule has 0 unspecified atom stereocenters. The lowest BCUT2D eigenvalue weighted by Gasteiger charge is -1.98. The third-order valence-electron chi connectivity index (χ3n) is 1.53. The number of ketones is 1. The van der Waals surface area contributed by atoms with Crippen LogP contribution in [0.5, 0.6) is 0 Å². The van der Waals surface area contributed by atoms with E-state index in [1.54, 1.807) is 18.7 Å². The second-order valence-corrected chi connectivity index (χ2v) is 4.14. The van der Waals surface area contributed by atoms with Crippen LogP contribution in [-0.4, -0.2) is 28.4 Å². The van der Waals surface area contributed by atoms with Crippen molar-refractivity contribution in [3.8, 4) is 0 Å². The molecule has 0 bridgehead atoms. The lowest BCUT2D eigenvalue weighted by Crippen LogP contribution is -1.95. The highest BCUT2D eigenvalue weighted by Crippen LogP contribution is 2.07. The molecule has 0 spiro atoms. The molecule has 0 heterocycles. The smallest absolute Gasteiger partial charge is 0.303 e. The first-order chi connectivity index (χ1) is 6.13. The number of hydrogen-bond acceptors (Lipinski definition) is 3. The molecule has 0 radical (unpaired) electrons. The van der Waals surface area contributed by atoms with Crippen LogP contribution in [-0.2, 0) is 9.59 Å². The maximum Gasteiger partial charge on any atom is 0.303 e. The van der Waals surface area contributed by atoms with Gasteiger partial charge in [0.15, 0.2) is 0 Å². The molecule has 0 aromatic heterocycles. The zero-order valence-electron chi connectivity index (χ0n) is 7.91. The molecule has 1 N–H and O–H groups in total. The SMILES string of the molecule is CC(=O)CCSCCCCC(=O)O. The van der Waals surface area contributed by atoms with E-state index in [0.29, 0.717) is 6.42 Å². The van der Waals surface area contributed by atoms with Crippen LogP contribution in [0.1, 0.15) is 32.6 Å². The molecule has 3 nitrogen and oxygen atoms in total. The molecule has 13 heavy (non-hydrogen) atoms. The average molecular weight is 204 g/mol. The number of aliphatic carboxylic acids is 1. The van der Waals surface area contributed by atoms with Crippen LogP contribution >= 0.6 is 11.8 Å². The lowest BCUT2D eigenvalue weighted by molar-refractivity contribution is -0.137. The predicted molar refractivity (Wildman–Crippen MR) is 54.1 cm³/mol. The summed E-state index contributed by atoms with van der Waals surface area (Å²) in [5, 5.41) is 8.34. The van der Waals surface area contributed by atoms with Gasteiger partial charge in [0.2, 0.25) is 0 Å². The molecule has 76 valence electrons. The first-order valence-electron chi connectivity index (χ1n) is 4.42. The van der Waals surface area contributed by atoms with Crippen LogP contribution < -0.4 is 0 Å². The molecule has 4 heteroatoms. The standard InChI is InChI=1S/C9H16O3S/c1-8(10)5-7-13-6-3-2-4-9(11)12/h2-7H2,1H3,(H,11,12). The highest BCUT2D eigenvalue weighted by Gasteiger charge is 1.97. The number of carbonyl (C=O) groups is 2. The van der Waals surface area contributed by atoms with Crippen molar-refractivity contribution in [3.05, 3.63) is 0 Å². The summed E-state index contributed by atoms with van der Waals surface area (Å²) in [6.07, 6.45) is 2.55. The van der Waals surface area contributed by atoms with Gasteiger partial charge < -0.3 is 5.11 Å².